The number of halogens is 2. The predicted molar refractivity (Wildman–Crippen MR) is 116 cm³/mol. The second kappa shape index (κ2) is 9.54. The lowest BCUT2D eigenvalue weighted by Crippen LogP contribution is -2.16. The number of nitrogens with zero attached hydrogens (tertiary/aromatic N) is 2. The van der Waals surface area contributed by atoms with Crippen LogP contribution in [0.3, 0.4) is 0 Å². The van der Waals surface area contributed by atoms with Crippen molar-refractivity contribution in [1.82, 2.24) is 4.57 Å². The number of hydrogen-bond donors (Lipinski definition) is 1. The van der Waals surface area contributed by atoms with Crippen LogP contribution < -0.4 is 9.47 Å². The lowest BCUT2D eigenvalue weighted by atomic mass is 10.0. The average Bonchev–Trinajstić information content (AvgIpc) is 3.58. The number of methoxy groups -OCH3 is 1. The molecule has 1 N–H and O–H groups in total. The van der Waals surface area contributed by atoms with Gasteiger partial charge in [0.05, 0.1) is 31.1 Å². The maximum absolute atomic E-state index is 12.9. The van der Waals surface area contributed by atoms with Gasteiger partial charge in [-0.3, -0.25) is 14.9 Å². The minimum atomic E-state index is -3.06. The van der Waals surface area contributed by atoms with Crippen LogP contribution in [0.1, 0.15) is 30.9 Å². The lowest BCUT2D eigenvalue weighted by molar-refractivity contribution is -0.383. The van der Waals surface area contributed by atoms with Crippen molar-refractivity contribution >= 4 is 22.4 Å². The van der Waals surface area contributed by atoms with Gasteiger partial charge in [0.1, 0.15) is 5.39 Å². The molecule has 11 heteroatoms. The lowest BCUT2D eigenvalue weighted by Gasteiger charge is -2.21. The van der Waals surface area contributed by atoms with E-state index in [-0.39, 0.29) is 29.0 Å². The Labute approximate surface area is 192 Å². The summed E-state index contributed by atoms with van der Waals surface area (Å²) in [7, 11) is 1.21. The minimum absolute atomic E-state index is 0.0187. The number of hydrogen-bond acceptors (Lipinski definition) is 7. The molecule has 0 amide bonds. The number of non-ortho nitro benzene ring substituents is 1. The molecule has 3 aromatic rings. The number of aromatic nitrogens is 1. The molecule has 0 spiro atoms. The maximum Gasteiger partial charge on any atom is 0.387 e. The molecule has 180 valence electrons. The third-order valence-corrected chi connectivity index (χ3v) is 5.68. The second-order valence-corrected chi connectivity index (χ2v) is 7.99. The second-order valence-electron chi connectivity index (χ2n) is 7.99. The van der Waals surface area contributed by atoms with Crippen molar-refractivity contribution in [3.63, 3.8) is 0 Å². The first-order valence-corrected chi connectivity index (χ1v) is 10.5. The van der Waals surface area contributed by atoms with E-state index >= 15 is 0 Å². The van der Waals surface area contributed by atoms with E-state index in [1.807, 2.05) is 0 Å². The van der Waals surface area contributed by atoms with Crippen molar-refractivity contribution in [2.45, 2.75) is 31.9 Å². The summed E-state index contributed by atoms with van der Waals surface area (Å²) in [5, 5.41) is 22.8. The van der Waals surface area contributed by atoms with Crippen LogP contribution >= 0.6 is 0 Å². The molecule has 0 bridgehead atoms. The van der Waals surface area contributed by atoms with Gasteiger partial charge in [0, 0.05) is 17.6 Å². The van der Waals surface area contributed by atoms with Crippen LogP contribution in [0.25, 0.3) is 10.8 Å². The standard InChI is InChI=1S/C23H22F2N2O7/c1-32-20(28)10-17(26-11-15-3-2-4-16(27(30)31)21(15)22(26)29)14-7-8-18(34-23(24)25)19(9-14)33-12-13-5-6-13/h2-4,7-9,11,13,17,23,29H,5-6,10,12H2,1H3. The van der Waals surface area contributed by atoms with E-state index < -0.39 is 29.4 Å². The van der Waals surface area contributed by atoms with Gasteiger partial charge in [0.25, 0.3) is 5.69 Å². The Balaban J connectivity index is 1.80. The van der Waals surface area contributed by atoms with Crippen LogP contribution in [0.15, 0.2) is 42.6 Å². The van der Waals surface area contributed by atoms with Gasteiger partial charge in [0.2, 0.25) is 5.88 Å². The zero-order chi connectivity index (χ0) is 24.4. The van der Waals surface area contributed by atoms with Gasteiger partial charge in [-0.25, -0.2) is 0 Å². The highest BCUT2D eigenvalue weighted by Crippen LogP contribution is 2.41. The van der Waals surface area contributed by atoms with Crippen LogP contribution in [0.2, 0.25) is 0 Å². The number of alkyl halides is 2. The summed E-state index contributed by atoms with van der Waals surface area (Å²) in [6.07, 6.45) is 3.21. The van der Waals surface area contributed by atoms with E-state index in [0.717, 1.165) is 12.8 Å². The molecule has 1 saturated carbocycles. The molecule has 1 aromatic heterocycles. The van der Waals surface area contributed by atoms with Crippen molar-refractivity contribution in [1.29, 1.82) is 0 Å². The molecule has 1 heterocycles. The summed E-state index contributed by atoms with van der Waals surface area (Å²) in [4.78, 5) is 23.1. The fourth-order valence-corrected chi connectivity index (χ4v) is 3.79. The Hall–Kier alpha value is -3.89. The van der Waals surface area contributed by atoms with Crippen molar-refractivity contribution in [2.75, 3.05) is 13.7 Å². The molecule has 1 unspecified atom stereocenters. The van der Waals surface area contributed by atoms with E-state index in [1.165, 1.54) is 48.2 Å². The minimum Gasteiger partial charge on any atom is -0.494 e. The number of nitro groups is 1. The van der Waals surface area contributed by atoms with Gasteiger partial charge in [0.15, 0.2) is 11.5 Å². The number of aromatic hydroxyl groups is 1. The van der Waals surface area contributed by atoms with Crippen LogP contribution in [-0.2, 0) is 9.53 Å². The van der Waals surface area contributed by atoms with E-state index in [0.29, 0.717) is 23.5 Å². The largest absolute Gasteiger partial charge is 0.494 e. The molecular formula is C23H22F2N2O7. The molecule has 1 aliphatic carbocycles. The molecule has 34 heavy (non-hydrogen) atoms. The molecule has 0 radical (unpaired) electrons. The molecule has 9 nitrogen and oxygen atoms in total. The Kier molecular flexibility index (Phi) is 6.53. The first-order valence-electron chi connectivity index (χ1n) is 10.5. The molecule has 1 aliphatic rings. The number of carbonyl (C=O) groups excluding carboxylic acids is 1. The number of ether oxygens (including phenoxy) is 3. The van der Waals surface area contributed by atoms with Crippen molar-refractivity contribution < 1.29 is 37.8 Å². The average molecular weight is 476 g/mol. The highest BCUT2D eigenvalue weighted by molar-refractivity contribution is 5.95. The molecule has 1 fully saturated rings. The SMILES string of the molecule is COC(=O)CC(c1ccc(OC(F)F)c(OCC2CC2)c1)n1cc2cccc([N+](=O)[O-])c2c1O. The molecule has 1 atom stereocenters. The molecule has 0 aliphatic heterocycles. The van der Waals surface area contributed by atoms with Gasteiger partial charge in [-0.15, -0.1) is 0 Å². The summed E-state index contributed by atoms with van der Waals surface area (Å²) in [5.74, 6) is -0.765. The topological polar surface area (TPSA) is 113 Å². The van der Waals surface area contributed by atoms with Gasteiger partial charge in [-0.05, 0) is 36.5 Å². The third kappa shape index (κ3) is 4.87. The van der Waals surface area contributed by atoms with Gasteiger partial charge >= 0.3 is 12.6 Å². The van der Waals surface area contributed by atoms with Crippen LogP contribution in [0, 0.1) is 16.0 Å². The summed E-state index contributed by atoms with van der Waals surface area (Å²) in [6.45, 7) is -2.73. The highest BCUT2D eigenvalue weighted by atomic mass is 19.3. The highest BCUT2D eigenvalue weighted by Gasteiger charge is 2.28. The van der Waals surface area contributed by atoms with E-state index in [2.05, 4.69) is 4.74 Å². The van der Waals surface area contributed by atoms with Crippen molar-refractivity contribution in [3.8, 4) is 17.4 Å². The monoisotopic (exact) mass is 476 g/mol. The summed E-state index contributed by atoms with van der Waals surface area (Å²) >= 11 is 0. The Bertz CT molecular complexity index is 1220. The number of fused-ring (bicyclic) bond motifs is 1. The van der Waals surface area contributed by atoms with Crippen LogP contribution in [0.4, 0.5) is 14.5 Å². The van der Waals surface area contributed by atoms with Gasteiger partial charge < -0.3 is 23.9 Å². The number of carbonyl (C=O) groups is 1. The fraction of sp³-hybridized carbons (Fsp3) is 0.348. The Morgan fingerprint density at radius 3 is 2.68 bits per heavy atom. The van der Waals surface area contributed by atoms with Crippen LogP contribution in [-0.4, -0.2) is 40.9 Å². The summed E-state index contributed by atoms with van der Waals surface area (Å²) in [5.41, 5.74) is 0.135. The molecule has 2 aromatic carbocycles. The van der Waals surface area contributed by atoms with Crippen molar-refractivity contribution in [2.24, 2.45) is 5.92 Å². The Morgan fingerprint density at radius 1 is 1.26 bits per heavy atom. The van der Waals surface area contributed by atoms with E-state index in [1.54, 1.807) is 6.07 Å². The zero-order valence-electron chi connectivity index (χ0n) is 18.1. The van der Waals surface area contributed by atoms with E-state index in [4.69, 9.17) is 9.47 Å². The molecule has 4 rings (SSSR count). The number of esters is 1. The smallest absolute Gasteiger partial charge is 0.387 e. The van der Waals surface area contributed by atoms with E-state index in [9.17, 15) is 28.8 Å². The first-order chi connectivity index (χ1) is 16.3. The number of rotatable bonds is 10. The van der Waals surface area contributed by atoms with Crippen molar-refractivity contribution in [3.05, 3.63) is 58.3 Å². The van der Waals surface area contributed by atoms with Crippen LogP contribution in [0.5, 0.6) is 17.4 Å². The van der Waals surface area contributed by atoms with Gasteiger partial charge in [-0.2, -0.15) is 8.78 Å². The Morgan fingerprint density at radius 2 is 2.03 bits per heavy atom. The fourth-order valence-electron chi connectivity index (χ4n) is 3.79. The normalized spacial score (nSPS) is 14.2. The predicted octanol–water partition coefficient (Wildman–Crippen LogP) is 4.80. The third-order valence-electron chi connectivity index (χ3n) is 5.68. The summed E-state index contributed by atoms with van der Waals surface area (Å²) in [6, 6.07) is 7.71. The summed E-state index contributed by atoms with van der Waals surface area (Å²) < 4.78 is 42.2. The number of benzene rings is 2. The first kappa shape index (κ1) is 23.3. The quantitative estimate of drug-likeness (QED) is 0.254. The zero-order valence-corrected chi connectivity index (χ0v) is 18.1. The molecular weight excluding hydrogens is 454 g/mol. The molecule has 0 saturated heterocycles. The van der Waals surface area contributed by atoms with Gasteiger partial charge in [-0.1, -0.05) is 18.2 Å². The number of nitro benzene ring substituents is 1. The maximum atomic E-state index is 12.9.